The Labute approximate surface area is 175 Å². The first-order chi connectivity index (χ1) is 14.0. The number of benzene rings is 3. The predicted octanol–water partition coefficient (Wildman–Crippen LogP) is 5.46. The van der Waals surface area contributed by atoms with Gasteiger partial charge in [0.25, 0.3) is 5.91 Å². The van der Waals surface area contributed by atoms with E-state index in [0.717, 1.165) is 16.8 Å². The molecule has 29 heavy (non-hydrogen) atoms. The van der Waals surface area contributed by atoms with Crippen LogP contribution in [-0.2, 0) is 4.79 Å². The minimum absolute atomic E-state index is 0.203. The van der Waals surface area contributed by atoms with Crippen LogP contribution in [0, 0.1) is 6.92 Å². The molecule has 0 fully saturated rings. The number of carbonyl (C=O) groups is 1. The van der Waals surface area contributed by atoms with Crippen LogP contribution in [0.4, 0.5) is 11.4 Å². The molecule has 0 saturated carbocycles. The first kappa shape index (κ1) is 20.6. The van der Waals surface area contributed by atoms with Crippen LogP contribution in [0.3, 0.4) is 0 Å². The quantitative estimate of drug-likeness (QED) is 0.543. The minimum atomic E-state index is -0.616. The van der Waals surface area contributed by atoms with E-state index < -0.39 is 6.04 Å². The number of anilines is 2. The monoisotopic (exact) mass is 410 g/mol. The number of nitrogens with one attached hydrogen (secondary N) is 2. The molecule has 0 radical (unpaired) electrons. The lowest BCUT2D eigenvalue weighted by Gasteiger charge is -2.21. The summed E-state index contributed by atoms with van der Waals surface area (Å²) in [4.78, 5) is 13.1. The van der Waals surface area contributed by atoms with E-state index in [2.05, 4.69) is 10.6 Å². The molecule has 3 rings (SSSR count). The van der Waals surface area contributed by atoms with Gasteiger partial charge in [0.15, 0.2) is 11.5 Å². The average molecular weight is 411 g/mol. The van der Waals surface area contributed by atoms with Crippen molar-refractivity contribution in [2.24, 2.45) is 0 Å². The zero-order valence-corrected chi connectivity index (χ0v) is 17.3. The van der Waals surface area contributed by atoms with Crippen molar-refractivity contribution < 1.29 is 14.3 Å². The van der Waals surface area contributed by atoms with Crippen LogP contribution in [0.2, 0.25) is 5.02 Å². The largest absolute Gasteiger partial charge is 0.493 e. The lowest BCUT2D eigenvalue weighted by molar-refractivity contribution is -0.117. The van der Waals surface area contributed by atoms with Crippen molar-refractivity contribution in [2.45, 2.75) is 13.0 Å². The summed E-state index contributed by atoms with van der Waals surface area (Å²) in [7, 11) is 3.15. The van der Waals surface area contributed by atoms with Crippen LogP contribution in [0.15, 0.2) is 66.7 Å². The standard InChI is InChI=1S/C23H23ClN2O3/c1-15-9-10-17(13-19(15)24)26-23(27)22(16-7-5-4-6-8-16)25-18-11-12-20(28-2)21(14-18)29-3/h4-14,22,25H,1-3H3,(H,26,27). The number of hydrogen-bond acceptors (Lipinski definition) is 4. The highest BCUT2D eigenvalue weighted by Crippen LogP contribution is 2.32. The maximum Gasteiger partial charge on any atom is 0.251 e. The summed E-state index contributed by atoms with van der Waals surface area (Å²) in [5.74, 6) is 0.994. The molecule has 0 aliphatic heterocycles. The molecule has 0 aromatic heterocycles. The van der Waals surface area contributed by atoms with Crippen molar-refractivity contribution in [3.8, 4) is 11.5 Å². The molecule has 150 valence electrons. The molecule has 0 heterocycles. The van der Waals surface area contributed by atoms with Crippen LogP contribution in [-0.4, -0.2) is 20.1 Å². The molecule has 3 aromatic carbocycles. The molecule has 6 heteroatoms. The Morgan fingerprint density at radius 2 is 1.59 bits per heavy atom. The molecular weight excluding hydrogens is 388 g/mol. The molecule has 0 aliphatic rings. The van der Waals surface area contributed by atoms with E-state index in [1.165, 1.54) is 0 Å². The molecule has 0 bridgehead atoms. The third-order valence-electron chi connectivity index (χ3n) is 4.53. The van der Waals surface area contributed by atoms with Gasteiger partial charge in [0, 0.05) is 22.5 Å². The van der Waals surface area contributed by atoms with Gasteiger partial charge in [-0.3, -0.25) is 4.79 Å². The van der Waals surface area contributed by atoms with E-state index in [9.17, 15) is 4.79 Å². The number of aryl methyl sites for hydroxylation is 1. The minimum Gasteiger partial charge on any atom is -0.493 e. The normalized spacial score (nSPS) is 11.4. The number of methoxy groups -OCH3 is 2. The first-order valence-electron chi connectivity index (χ1n) is 9.12. The van der Waals surface area contributed by atoms with Gasteiger partial charge >= 0.3 is 0 Å². The predicted molar refractivity (Wildman–Crippen MR) is 117 cm³/mol. The fourth-order valence-corrected chi connectivity index (χ4v) is 3.10. The Balaban J connectivity index is 1.89. The summed E-state index contributed by atoms with van der Waals surface area (Å²) in [6.45, 7) is 1.92. The van der Waals surface area contributed by atoms with Crippen LogP contribution in [0.1, 0.15) is 17.2 Å². The molecule has 0 aliphatic carbocycles. The van der Waals surface area contributed by atoms with Gasteiger partial charge in [-0.1, -0.05) is 48.0 Å². The molecule has 0 saturated heterocycles. The summed E-state index contributed by atoms with van der Waals surface area (Å²) >= 11 is 6.19. The second-order valence-corrected chi connectivity index (χ2v) is 6.92. The van der Waals surface area contributed by atoms with Crippen LogP contribution in [0.25, 0.3) is 0 Å². The molecule has 3 aromatic rings. The molecule has 0 spiro atoms. The van der Waals surface area contributed by atoms with Gasteiger partial charge in [-0.2, -0.15) is 0 Å². The molecule has 5 nitrogen and oxygen atoms in total. The van der Waals surface area contributed by atoms with Gasteiger partial charge in [-0.25, -0.2) is 0 Å². The van der Waals surface area contributed by atoms with Crippen molar-refractivity contribution in [1.82, 2.24) is 0 Å². The Bertz CT molecular complexity index is 993. The fourth-order valence-electron chi connectivity index (χ4n) is 2.92. The average Bonchev–Trinajstić information content (AvgIpc) is 2.75. The van der Waals surface area contributed by atoms with Crippen molar-refractivity contribution in [3.63, 3.8) is 0 Å². The summed E-state index contributed by atoms with van der Waals surface area (Å²) in [6, 6.07) is 19.8. The topological polar surface area (TPSA) is 59.6 Å². The van der Waals surface area contributed by atoms with Crippen LogP contribution >= 0.6 is 11.6 Å². The van der Waals surface area contributed by atoms with E-state index in [1.807, 2.05) is 55.5 Å². The van der Waals surface area contributed by atoms with E-state index in [0.29, 0.717) is 22.2 Å². The Morgan fingerprint density at radius 1 is 0.897 bits per heavy atom. The summed E-state index contributed by atoms with van der Waals surface area (Å²) in [6.07, 6.45) is 0. The Hall–Kier alpha value is -3.18. The van der Waals surface area contributed by atoms with Crippen molar-refractivity contribution in [1.29, 1.82) is 0 Å². The van der Waals surface area contributed by atoms with E-state index in [4.69, 9.17) is 21.1 Å². The van der Waals surface area contributed by atoms with Gasteiger partial charge in [0.1, 0.15) is 6.04 Å². The first-order valence-corrected chi connectivity index (χ1v) is 9.50. The summed E-state index contributed by atoms with van der Waals surface area (Å²) in [5.41, 5.74) is 3.15. The number of rotatable bonds is 7. The van der Waals surface area contributed by atoms with Gasteiger partial charge in [0.2, 0.25) is 0 Å². The van der Waals surface area contributed by atoms with E-state index in [1.54, 1.807) is 32.4 Å². The Kier molecular flexibility index (Phi) is 6.62. The fraction of sp³-hybridized carbons (Fsp3) is 0.174. The number of hydrogen-bond donors (Lipinski definition) is 2. The highest BCUT2D eigenvalue weighted by molar-refractivity contribution is 6.31. The third kappa shape index (κ3) is 5.00. The number of amides is 1. The van der Waals surface area contributed by atoms with Gasteiger partial charge in [0.05, 0.1) is 14.2 Å². The lowest BCUT2D eigenvalue weighted by atomic mass is 10.1. The third-order valence-corrected chi connectivity index (χ3v) is 4.94. The summed E-state index contributed by atoms with van der Waals surface area (Å²) in [5, 5.41) is 6.83. The van der Waals surface area contributed by atoms with Crippen molar-refractivity contribution in [2.75, 3.05) is 24.9 Å². The zero-order chi connectivity index (χ0) is 20.8. The van der Waals surface area contributed by atoms with Gasteiger partial charge < -0.3 is 20.1 Å². The lowest BCUT2D eigenvalue weighted by Crippen LogP contribution is -2.27. The smallest absolute Gasteiger partial charge is 0.251 e. The molecule has 1 unspecified atom stereocenters. The summed E-state index contributed by atoms with van der Waals surface area (Å²) < 4.78 is 10.6. The maximum atomic E-state index is 13.1. The molecular formula is C23H23ClN2O3. The van der Waals surface area contributed by atoms with E-state index in [-0.39, 0.29) is 5.91 Å². The van der Waals surface area contributed by atoms with Crippen LogP contribution < -0.4 is 20.1 Å². The maximum absolute atomic E-state index is 13.1. The highest BCUT2D eigenvalue weighted by atomic mass is 35.5. The van der Waals surface area contributed by atoms with Crippen LogP contribution in [0.5, 0.6) is 11.5 Å². The van der Waals surface area contributed by atoms with Gasteiger partial charge in [-0.05, 0) is 42.3 Å². The molecule has 1 atom stereocenters. The number of halogens is 1. The van der Waals surface area contributed by atoms with Crippen molar-refractivity contribution >= 4 is 28.9 Å². The number of carbonyl (C=O) groups excluding carboxylic acids is 1. The highest BCUT2D eigenvalue weighted by Gasteiger charge is 2.21. The van der Waals surface area contributed by atoms with Gasteiger partial charge in [-0.15, -0.1) is 0 Å². The molecule has 1 amide bonds. The molecule has 2 N–H and O–H groups in total. The second kappa shape index (κ2) is 9.34. The second-order valence-electron chi connectivity index (χ2n) is 6.51. The number of ether oxygens (including phenoxy) is 2. The van der Waals surface area contributed by atoms with Crippen molar-refractivity contribution in [3.05, 3.63) is 82.9 Å². The Morgan fingerprint density at radius 3 is 2.24 bits per heavy atom. The van der Waals surface area contributed by atoms with E-state index >= 15 is 0 Å². The zero-order valence-electron chi connectivity index (χ0n) is 16.5. The SMILES string of the molecule is COc1ccc(NC(C(=O)Nc2ccc(C)c(Cl)c2)c2ccccc2)cc1OC.